The molecule has 126 valence electrons. The lowest BCUT2D eigenvalue weighted by atomic mass is 9.97. The van der Waals surface area contributed by atoms with Crippen molar-refractivity contribution in [3.05, 3.63) is 47.8 Å². The lowest BCUT2D eigenvalue weighted by Gasteiger charge is -2.08. The quantitative estimate of drug-likeness (QED) is 0.444. The van der Waals surface area contributed by atoms with Gasteiger partial charge in [-0.2, -0.15) is 0 Å². The van der Waals surface area contributed by atoms with Crippen LogP contribution in [0.25, 0.3) is 32.6 Å². The SMILES string of the molecule is CNCC(=O)Oc1ccc2[nH]c3c(C)c4ccncc4c(C)c3c2c1. The summed E-state index contributed by atoms with van der Waals surface area (Å²) >= 11 is 0. The fraction of sp³-hybridized carbons (Fsp3) is 0.200. The van der Waals surface area contributed by atoms with E-state index in [0.29, 0.717) is 5.75 Å². The van der Waals surface area contributed by atoms with Crippen molar-refractivity contribution in [1.29, 1.82) is 0 Å². The molecule has 4 aromatic rings. The Morgan fingerprint density at radius 1 is 1.16 bits per heavy atom. The zero-order valence-electron chi connectivity index (χ0n) is 14.4. The number of benzene rings is 2. The number of likely N-dealkylation sites (N-methyl/N-ethyl adjacent to an activating group) is 1. The number of nitrogens with zero attached hydrogens (tertiary/aromatic N) is 1. The molecule has 4 rings (SSSR count). The first-order valence-electron chi connectivity index (χ1n) is 8.23. The van der Waals surface area contributed by atoms with Crippen molar-refractivity contribution in [2.24, 2.45) is 0 Å². The molecule has 2 aromatic heterocycles. The van der Waals surface area contributed by atoms with Gasteiger partial charge in [-0.05, 0) is 61.7 Å². The Balaban J connectivity index is 1.99. The predicted molar refractivity (Wildman–Crippen MR) is 100 cm³/mol. The highest BCUT2D eigenvalue weighted by Crippen LogP contribution is 2.37. The van der Waals surface area contributed by atoms with Gasteiger partial charge in [-0.3, -0.25) is 9.78 Å². The van der Waals surface area contributed by atoms with Gasteiger partial charge in [0.15, 0.2) is 0 Å². The molecule has 0 saturated carbocycles. The summed E-state index contributed by atoms with van der Waals surface area (Å²) in [5, 5.41) is 7.35. The summed E-state index contributed by atoms with van der Waals surface area (Å²) in [6, 6.07) is 7.75. The van der Waals surface area contributed by atoms with Crippen LogP contribution in [-0.4, -0.2) is 29.5 Å². The number of rotatable bonds is 3. The lowest BCUT2D eigenvalue weighted by Crippen LogP contribution is -2.23. The minimum atomic E-state index is -0.302. The molecule has 2 N–H and O–H groups in total. The molecule has 0 aliphatic rings. The molecule has 25 heavy (non-hydrogen) atoms. The topological polar surface area (TPSA) is 67.0 Å². The Morgan fingerprint density at radius 3 is 2.80 bits per heavy atom. The molecule has 5 nitrogen and oxygen atoms in total. The Morgan fingerprint density at radius 2 is 2.00 bits per heavy atom. The predicted octanol–water partition coefficient (Wildman–Crippen LogP) is 3.61. The van der Waals surface area contributed by atoms with E-state index >= 15 is 0 Å². The van der Waals surface area contributed by atoms with E-state index in [2.05, 4.69) is 29.1 Å². The van der Waals surface area contributed by atoms with Gasteiger partial charge in [0.05, 0.1) is 12.1 Å². The molecule has 0 unspecified atom stereocenters. The second-order valence-corrected chi connectivity index (χ2v) is 6.26. The lowest BCUT2D eigenvalue weighted by molar-refractivity contribution is -0.133. The largest absolute Gasteiger partial charge is 0.426 e. The van der Waals surface area contributed by atoms with Crippen molar-refractivity contribution in [3.63, 3.8) is 0 Å². The fourth-order valence-corrected chi connectivity index (χ4v) is 3.51. The molecule has 0 aliphatic carbocycles. The summed E-state index contributed by atoms with van der Waals surface area (Å²) in [6.07, 6.45) is 3.73. The summed E-state index contributed by atoms with van der Waals surface area (Å²) in [5.41, 5.74) is 4.51. The van der Waals surface area contributed by atoms with Crippen LogP contribution >= 0.6 is 0 Å². The molecule has 5 heteroatoms. The average Bonchev–Trinajstić information content (AvgIpc) is 2.99. The van der Waals surface area contributed by atoms with Crippen LogP contribution in [-0.2, 0) is 4.79 Å². The molecular formula is C20H19N3O2. The Labute approximate surface area is 145 Å². The maximum Gasteiger partial charge on any atom is 0.325 e. The molecule has 0 aliphatic heterocycles. The molecule has 0 saturated heterocycles. The van der Waals surface area contributed by atoms with E-state index < -0.39 is 0 Å². The number of pyridine rings is 1. The molecule has 0 bridgehead atoms. The molecule has 0 fully saturated rings. The third kappa shape index (κ3) is 2.44. The van der Waals surface area contributed by atoms with Crippen molar-refractivity contribution < 1.29 is 9.53 Å². The Bertz CT molecular complexity index is 1130. The number of aromatic amines is 1. The van der Waals surface area contributed by atoms with Crippen LogP contribution in [0.5, 0.6) is 5.75 Å². The minimum Gasteiger partial charge on any atom is -0.426 e. The first-order chi connectivity index (χ1) is 12.1. The molecule has 2 aromatic carbocycles. The summed E-state index contributed by atoms with van der Waals surface area (Å²) < 4.78 is 5.41. The van der Waals surface area contributed by atoms with Gasteiger partial charge in [-0.1, -0.05) is 0 Å². The third-order valence-electron chi connectivity index (χ3n) is 4.70. The van der Waals surface area contributed by atoms with E-state index in [-0.39, 0.29) is 12.5 Å². The maximum absolute atomic E-state index is 11.7. The highest BCUT2D eigenvalue weighted by molar-refractivity contribution is 6.16. The van der Waals surface area contributed by atoms with E-state index in [1.54, 1.807) is 7.05 Å². The van der Waals surface area contributed by atoms with Crippen molar-refractivity contribution in [2.75, 3.05) is 13.6 Å². The van der Waals surface area contributed by atoms with Gasteiger partial charge < -0.3 is 15.0 Å². The summed E-state index contributed by atoms with van der Waals surface area (Å²) in [7, 11) is 1.72. The number of nitrogens with one attached hydrogen (secondary N) is 2. The van der Waals surface area contributed by atoms with Crippen LogP contribution in [0, 0.1) is 13.8 Å². The Hall–Kier alpha value is -2.92. The second-order valence-electron chi connectivity index (χ2n) is 6.26. The number of hydrogen-bond donors (Lipinski definition) is 2. The number of carbonyl (C=O) groups is 1. The standard InChI is InChI=1S/C20H19N3O2/c1-11-16-9-22-7-6-14(16)12(2)20-19(11)15-8-13(4-5-17(15)23-20)25-18(24)10-21-3/h4-9,21,23H,10H2,1-3H3. The number of fused-ring (bicyclic) bond motifs is 4. The van der Waals surface area contributed by atoms with Crippen LogP contribution < -0.4 is 10.1 Å². The summed E-state index contributed by atoms with van der Waals surface area (Å²) in [5.74, 6) is 0.251. The van der Waals surface area contributed by atoms with Gasteiger partial charge in [0.1, 0.15) is 5.75 Å². The van der Waals surface area contributed by atoms with E-state index in [1.165, 1.54) is 16.5 Å². The zero-order chi connectivity index (χ0) is 17.6. The minimum absolute atomic E-state index is 0.181. The van der Waals surface area contributed by atoms with Crippen molar-refractivity contribution >= 4 is 38.5 Å². The second kappa shape index (κ2) is 5.86. The van der Waals surface area contributed by atoms with Gasteiger partial charge in [0.25, 0.3) is 0 Å². The van der Waals surface area contributed by atoms with E-state index in [1.807, 2.05) is 36.7 Å². The molecule has 0 amide bonds. The fourth-order valence-electron chi connectivity index (χ4n) is 3.51. The number of aromatic nitrogens is 2. The van der Waals surface area contributed by atoms with Crippen LogP contribution in [0.2, 0.25) is 0 Å². The molecule has 0 radical (unpaired) electrons. The number of aryl methyl sites for hydroxylation is 2. The first kappa shape index (κ1) is 15.6. The van der Waals surface area contributed by atoms with Crippen LogP contribution in [0.4, 0.5) is 0 Å². The Kier molecular flexibility index (Phi) is 3.66. The summed E-state index contributed by atoms with van der Waals surface area (Å²) in [4.78, 5) is 19.5. The average molecular weight is 333 g/mol. The molecule has 0 atom stereocenters. The van der Waals surface area contributed by atoms with E-state index in [4.69, 9.17) is 4.74 Å². The van der Waals surface area contributed by atoms with Gasteiger partial charge in [0, 0.05) is 34.1 Å². The van der Waals surface area contributed by atoms with Gasteiger partial charge in [0.2, 0.25) is 0 Å². The van der Waals surface area contributed by atoms with Crippen molar-refractivity contribution in [1.82, 2.24) is 15.3 Å². The monoisotopic (exact) mass is 333 g/mol. The number of hydrogen-bond acceptors (Lipinski definition) is 4. The van der Waals surface area contributed by atoms with E-state index in [9.17, 15) is 4.79 Å². The third-order valence-corrected chi connectivity index (χ3v) is 4.70. The smallest absolute Gasteiger partial charge is 0.325 e. The van der Waals surface area contributed by atoms with Crippen LogP contribution in [0.15, 0.2) is 36.7 Å². The number of H-pyrrole nitrogens is 1. The number of ether oxygens (including phenoxy) is 1. The number of carbonyl (C=O) groups excluding carboxylic acids is 1. The highest BCUT2D eigenvalue weighted by atomic mass is 16.5. The van der Waals surface area contributed by atoms with Gasteiger partial charge in [-0.25, -0.2) is 0 Å². The number of esters is 1. The van der Waals surface area contributed by atoms with Crippen molar-refractivity contribution in [2.45, 2.75) is 13.8 Å². The molecular weight excluding hydrogens is 314 g/mol. The van der Waals surface area contributed by atoms with Crippen LogP contribution in [0.1, 0.15) is 11.1 Å². The van der Waals surface area contributed by atoms with E-state index in [0.717, 1.165) is 27.2 Å². The molecule has 0 spiro atoms. The van der Waals surface area contributed by atoms with Gasteiger partial charge >= 0.3 is 5.97 Å². The zero-order valence-corrected chi connectivity index (χ0v) is 14.4. The van der Waals surface area contributed by atoms with Gasteiger partial charge in [-0.15, -0.1) is 0 Å². The highest BCUT2D eigenvalue weighted by Gasteiger charge is 2.15. The molecule has 2 heterocycles. The van der Waals surface area contributed by atoms with Crippen molar-refractivity contribution in [3.8, 4) is 5.75 Å². The summed E-state index contributed by atoms with van der Waals surface area (Å²) in [6.45, 7) is 4.41. The maximum atomic E-state index is 11.7. The first-order valence-corrected chi connectivity index (χ1v) is 8.23. The normalized spacial score (nSPS) is 11.5. The van der Waals surface area contributed by atoms with Crippen LogP contribution in [0.3, 0.4) is 0 Å².